The summed E-state index contributed by atoms with van der Waals surface area (Å²) in [4.78, 5) is 14.2. The summed E-state index contributed by atoms with van der Waals surface area (Å²) in [5.41, 5.74) is 1.93. The summed E-state index contributed by atoms with van der Waals surface area (Å²) in [6, 6.07) is 13.6. The van der Waals surface area contributed by atoms with E-state index in [1.54, 1.807) is 0 Å². The van der Waals surface area contributed by atoms with E-state index < -0.39 is 15.6 Å². The molecule has 10 heteroatoms. The molecule has 3 rings (SSSR count). The van der Waals surface area contributed by atoms with E-state index in [1.165, 1.54) is 30.5 Å². The van der Waals surface area contributed by atoms with Crippen molar-refractivity contribution in [3.8, 4) is 5.69 Å². The lowest BCUT2D eigenvalue weighted by atomic mass is 10.0. The number of rotatable bonds is 7. The third kappa shape index (κ3) is 5.34. The van der Waals surface area contributed by atoms with Gasteiger partial charge in [-0.2, -0.15) is 9.78 Å². The number of sulfonamides is 1. The zero-order valence-corrected chi connectivity index (χ0v) is 19.5. The molecule has 0 aliphatic rings. The van der Waals surface area contributed by atoms with Crippen LogP contribution >= 0.6 is 23.2 Å². The molecule has 0 saturated heterocycles. The molecule has 1 heterocycles. The number of aromatic nitrogens is 2. The zero-order valence-electron chi connectivity index (χ0n) is 17.2. The first-order chi connectivity index (χ1) is 14.6. The van der Waals surface area contributed by atoms with Crippen molar-refractivity contribution in [3.05, 3.63) is 86.3 Å². The van der Waals surface area contributed by atoms with Gasteiger partial charge in [0.2, 0.25) is 10.0 Å². The van der Waals surface area contributed by atoms with Gasteiger partial charge < -0.3 is 4.90 Å². The van der Waals surface area contributed by atoms with Crippen LogP contribution in [0.4, 0.5) is 0 Å². The number of nitrogens with one attached hydrogen (secondary N) is 1. The number of hydrogen-bond acceptors (Lipinski definition) is 5. The van der Waals surface area contributed by atoms with Crippen LogP contribution in [-0.4, -0.2) is 43.7 Å². The Labute approximate surface area is 191 Å². The van der Waals surface area contributed by atoms with Crippen LogP contribution in [0, 0.1) is 6.92 Å². The molecule has 0 radical (unpaired) electrons. The van der Waals surface area contributed by atoms with Crippen molar-refractivity contribution in [3.63, 3.8) is 0 Å². The van der Waals surface area contributed by atoms with Gasteiger partial charge >= 0.3 is 0 Å². The lowest BCUT2D eigenvalue weighted by Gasteiger charge is -2.25. The summed E-state index contributed by atoms with van der Waals surface area (Å²) in [6.45, 7) is 2.20. The van der Waals surface area contributed by atoms with Gasteiger partial charge in [0.05, 0.1) is 21.8 Å². The molecule has 0 saturated carbocycles. The average molecular weight is 481 g/mol. The van der Waals surface area contributed by atoms with E-state index in [0.29, 0.717) is 5.69 Å². The highest BCUT2D eigenvalue weighted by atomic mass is 35.5. The number of likely N-dealkylation sites (N-methyl/N-ethyl adjacent to an activating group) is 1. The summed E-state index contributed by atoms with van der Waals surface area (Å²) >= 11 is 11.7. The van der Waals surface area contributed by atoms with E-state index in [4.69, 9.17) is 23.2 Å². The van der Waals surface area contributed by atoms with E-state index in [2.05, 4.69) is 9.82 Å². The Morgan fingerprint density at radius 2 is 1.68 bits per heavy atom. The van der Waals surface area contributed by atoms with Crippen molar-refractivity contribution in [2.24, 2.45) is 0 Å². The first-order valence-corrected chi connectivity index (χ1v) is 11.6. The van der Waals surface area contributed by atoms with Gasteiger partial charge in [-0.15, -0.1) is 0 Å². The highest BCUT2D eigenvalue weighted by Gasteiger charge is 2.20. The minimum Gasteiger partial charge on any atom is -0.301 e. The summed E-state index contributed by atoms with van der Waals surface area (Å²) in [5.74, 6) is 0. The maximum Gasteiger partial charge on any atom is 0.291 e. The summed E-state index contributed by atoms with van der Waals surface area (Å²) < 4.78 is 29.3. The van der Waals surface area contributed by atoms with Crippen LogP contribution in [0.25, 0.3) is 5.69 Å². The van der Waals surface area contributed by atoms with Crippen LogP contribution in [0.5, 0.6) is 0 Å². The molecule has 0 amide bonds. The molecule has 1 atom stereocenters. The van der Waals surface area contributed by atoms with Gasteiger partial charge in [0.1, 0.15) is 5.02 Å². The third-order valence-electron chi connectivity index (χ3n) is 4.82. The third-order valence-corrected chi connectivity index (χ3v) is 7.01. The predicted molar refractivity (Wildman–Crippen MR) is 123 cm³/mol. The van der Waals surface area contributed by atoms with Crippen LogP contribution in [0.2, 0.25) is 10.0 Å². The van der Waals surface area contributed by atoms with Gasteiger partial charge in [-0.05, 0) is 50.8 Å². The van der Waals surface area contributed by atoms with Gasteiger partial charge in [0.15, 0.2) is 0 Å². The Balaban J connectivity index is 1.80. The van der Waals surface area contributed by atoms with Crippen LogP contribution in [0.3, 0.4) is 0 Å². The van der Waals surface area contributed by atoms with Crippen molar-refractivity contribution in [1.29, 1.82) is 0 Å². The second kappa shape index (κ2) is 9.50. The molecule has 1 aromatic heterocycles. The number of hydrogen-bond donors (Lipinski definition) is 1. The number of halogens is 2. The molecule has 164 valence electrons. The molecule has 1 N–H and O–H groups in total. The molecule has 0 bridgehead atoms. The molecule has 0 aliphatic heterocycles. The summed E-state index contributed by atoms with van der Waals surface area (Å²) in [7, 11) is 0.0362. The second-order valence-electron chi connectivity index (χ2n) is 7.26. The minimum absolute atomic E-state index is 0.0512. The van der Waals surface area contributed by atoms with E-state index in [0.717, 1.165) is 15.8 Å². The van der Waals surface area contributed by atoms with E-state index in [9.17, 15) is 13.2 Å². The van der Waals surface area contributed by atoms with Crippen LogP contribution < -0.4 is 10.3 Å². The largest absolute Gasteiger partial charge is 0.301 e. The van der Waals surface area contributed by atoms with E-state index in [-0.39, 0.29) is 27.5 Å². The van der Waals surface area contributed by atoms with Crippen LogP contribution in [0.1, 0.15) is 17.2 Å². The first-order valence-electron chi connectivity index (χ1n) is 9.36. The van der Waals surface area contributed by atoms with Crippen molar-refractivity contribution >= 4 is 33.2 Å². The molecule has 7 nitrogen and oxygen atoms in total. The lowest BCUT2D eigenvalue weighted by Crippen LogP contribution is -2.34. The molecule has 31 heavy (non-hydrogen) atoms. The highest BCUT2D eigenvalue weighted by molar-refractivity contribution is 7.89. The van der Waals surface area contributed by atoms with Gasteiger partial charge in [-0.1, -0.05) is 53.0 Å². The Morgan fingerprint density at radius 1 is 1.06 bits per heavy atom. The average Bonchev–Trinajstić information content (AvgIpc) is 2.73. The smallest absolute Gasteiger partial charge is 0.291 e. The summed E-state index contributed by atoms with van der Waals surface area (Å²) in [5, 5.41) is 3.84. The highest BCUT2D eigenvalue weighted by Crippen LogP contribution is 2.20. The van der Waals surface area contributed by atoms with E-state index >= 15 is 0 Å². The second-order valence-corrected chi connectivity index (χ2v) is 9.81. The van der Waals surface area contributed by atoms with Crippen LogP contribution in [-0.2, 0) is 10.0 Å². The van der Waals surface area contributed by atoms with E-state index in [1.807, 2.05) is 50.2 Å². The van der Waals surface area contributed by atoms with Crippen molar-refractivity contribution < 1.29 is 8.42 Å². The normalized spacial score (nSPS) is 12.8. The Hall–Kier alpha value is -2.23. The summed E-state index contributed by atoms with van der Waals surface area (Å²) in [6.07, 6.45) is 1.25. The van der Waals surface area contributed by atoms with Crippen LogP contribution in [0.15, 0.2) is 64.4 Å². The molecule has 2 aromatic carbocycles. The standard InChI is InChI=1S/C21H22Cl2N4O3S/c1-14-4-6-15(7-5-14)19(26(2)3)13-25-31(29,30)17-10-8-16(9-11-17)27-21(28)20(23)18(22)12-24-27/h4-12,19,25H,13H2,1-3H3. The van der Waals surface area contributed by atoms with Crippen molar-refractivity contribution in [1.82, 2.24) is 19.4 Å². The first kappa shape index (κ1) is 23.4. The zero-order chi connectivity index (χ0) is 22.8. The molecular weight excluding hydrogens is 459 g/mol. The van der Waals surface area contributed by atoms with Gasteiger partial charge in [0, 0.05) is 12.6 Å². The monoisotopic (exact) mass is 480 g/mol. The SMILES string of the molecule is Cc1ccc(C(CNS(=O)(=O)c2ccc(-n3ncc(Cl)c(Cl)c3=O)cc2)N(C)C)cc1. The Morgan fingerprint density at radius 3 is 2.26 bits per heavy atom. The van der Waals surface area contributed by atoms with Gasteiger partial charge in [0.25, 0.3) is 5.56 Å². The van der Waals surface area contributed by atoms with Crippen molar-refractivity contribution in [2.75, 3.05) is 20.6 Å². The Bertz CT molecular complexity index is 1220. The lowest BCUT2D eigenvalue weighted by molar-refractivity contribution is 0.299. The number of nitrogens with zero attached hydrogens (tertiary/aromatic N) is 3. The Kier molecular flexibility index (Phi) is 7.18. The molecule has 0 aliphatic carbocycles. The van der Waals surface area contributed by atoms with Crippen molar-refractivity contribution in [2.45, 2.75) is 17.9 Å². The topological polar surface area (TPSA) is 84.3 Å². The molecular formula is C21H22Cl2N4O3S. The number of aryl methyl sites for hydroxylation is 1. The van der Waals surface area contributed by atoms with Gasteiger partial charge in [-0.3, -0.25) is 4.79 Å². The maximum atomic E-state index is 12.8. The molecule has 0 fully saturated rings. The molecule has 3 aromatic rings. The number of benzene rings is 2. The fourth-order valence-corrected chi connectivity index (χ4v) is 4.31. The minimum atomic E-state index is -3.76. The fraction of sp³-hybridized carbons (Fsp3) is 0.238. The maximum absolute atomic E-state index is 12.8. The fourth-order valence-electron chi connectivity index (χ4n) is 3.02. The molecule has 1 unspecified atom stereocenters. The quantitative estimate of drug-likeness (QED) is 0.559. The predicted octanol–water partition coefficient (Wildman–Crippen LogP) is 3.43. The molecule has 0 spiro atoms. The van der Waals surface area contributed by atoms with Gasteiger partial charge in [-0.25, -0.2) is 13.1 Å².